The van der Waals surface area contributed by atoms with E-state index in [-0.39, 0.29) is 11.8 Å². The monoisotopic (exact) mass is 273 g/mol. The zero-order valence-corrected chi connectivity index (χ0v) is 11.6. The zero-order valence-electron chi connectivity index (χ0n) is 11.6. The van der Waals surface area contributed by atoms with Gasteiger partial charge in [-0.1, -0.05) is 17.3 Å². The van der Waals surface area contributed by atoms with Crippen molar-refractivity contribution >= 4 is 16.9 Å². The van der Waals surface area contributed by atoms with Crippen molar-refractivity contribution in [2.75, 3.05) is 7.05 Å². The molecular formula is C15H19N3O2. The number of hydrogen-bond donors (Lipinski definition) is 2. The molecule has 0 spiro atoms. The van der Waals surface area contributed by atoms with Crippen LogP contribution in [0.2, 0.25) is 0 Å². The van der Waals surface area contributed by atoms with Crippen LogP contribution in [0, 0.1) is 5.92 Å². The van der Waals surface area contributed by atoms with Crippen LogP contribution >= 0.6 is 0 Å². The summed E-state index contributed by atoms with van der Waals surface area (Å²) in [6.07, 6.45) is 3.77. The summed E-state index contributed by atoms with van der Waals surface area (Å²) in [7, 11) is 1.71. The van der Waals surface area contributed by atoms with Crippen LogP contribution in [0.5, 0.6) is 0 Å². The first-order valence-electron chi connectivity index (χ1n) is 7.10. The Hall–Kier alpha value is -1.88. The maximum Gasteiger partial charge on any atom is 0.237 e. The Balaban J connectivity index is 1.70. The second-order valence-corrected chi connectivity index (χ2v) is 5.35. The number of hydrazine groups is 1. The Labute approximate surface area is 117 Å². The van der Waals surface area contributed by atoms with Gasteiger partial charge in [0.2, 0.25) is 5.91 Å². The molecule has 20 heavy (non-hydrogen) atoms. The minimum atomic E-state index is 0.0935. The van der Waals surface area contributed by atoms with E-state index in [4.69, 9.17) is 4.52 Å². The number of nitrogens with zero attached hydrogens (tertiary/aromatic N) is 1. The summed E-state index contributed by atoms with van der Waals surface area (Å²) < 4.78 is 5.38. The number of benzene rings is 1. The summed E-state index contributed by atoms with van der Waals surface area (Å²) in [4.78, 5) is 11.8. The zero-order chi connectivity index (χ0) is 13.9. The summed E-state index contributed by atoms with van der Waals surface area (Å²) in [6, 6.07) is 7.96. The lowest BCUT2D eigenvalue weighted by Crippen LogP contribution is -2.39. The molecule has 106 valence electrons. The largest absolute Gasteiger partial charge is 0.356 e. The molecule has 5 nitrogen and oxygen atoms in total. The molecule has 2 N–H and O–H groups in total. The number of para-hydroxylation sites is 1. The number of carbonyl (C=O) groups excluding carboxylic acids is 1. The van der Waals surface area contributed by atoms with Crippen molar-refractivity contribution in [3.05, 3.63) is 30.0 Å². The van der Waals surface area contributed by atoms with Gasteiger partial charge in [-0.2, -0.15) is 0 Å². The van der Waals surface area contributed by atoms with E-state index in [2.05, 4.69) is 22.1 Å². The van der Waals surface area contributed by atoms with E-state index in [0.29, 0.717) is 5.92 Å². The molecule has 1 saturated carbocycles. The van der Waals surface area contributed by atoms with Crippen LogP contribution in [-0.4, -0.2) is 18.1 Å². The Bertz CT molecular complexity index is 600. The smallest absolute Gasteiger partial charge is 0.237 e. The molecule has 1 heterocycles. The first kappa shape index (κ1) is 13.1. The molecule has 5 heteroatoms. The van der Waals surface area contributed by atoms with Crippen molar-refractivity contribution in [1.29, 1.82) is 0 Å². The minimum Gasteiger partial charge on any atom is -0.356 e. The first-order chi connectivity index (χ1) is 9.79. The number of amides is 1. The van der Waals surface area contributed by atoms with Gasteiger partial charge in [0.25, 0.3) is 0 Å². The van der Waals surface area contributed by atoms with Crippen molar-refractivity contribution in [1.82, 2.24) is 16.0 Å². The SMILES string of the molecule is CNNC(=O)C1CCC(c2noc3ccccc23)CC1. The van der Waals surface area contributed by atoms with Gasteiger partial charge in [-0.25, -0.2) is 5.43 Å². The predicted molar refractivity (Wildman–Crippen MR) is 75.9 cm³/mol. The number of aromatic nitrogens is 1. The van der Waals surface area contributed by atoms with E-state index in [1.54, 1.807) is 7.05 Å². The fourth-order valence-electron chi connectivity index (χ4n) is 3.05. The third kappa shape index (κ3) is 2.41. The van der Waals surface area contributed by atoms with Crippen molar-refractivity contribution in [3.8, 4) is 0 Å². The average molecular weight is 273 g/mol. The van der Waals surface area contributed by atoms with Crippen LogP contribution in [-0.2, 0) is 4.79 Å². The molecule has 1 fully saturated rings. The molecule has 1 aromatic carbocycles. The highest BCUT2D eigenvalue weighted by Crippen LogP contribution is 2.38. The molecule has 0 radical (unpaired) electrons. The predicted octanol–water partition coefficient (Wildman–Crippen LogP) is 2.35. The van der Waals surface area contributed by atoms with Crippen molar-refractivity contribution in [2.24, 2.45) is 5.92 Å². The third-order valence-electron chi connectivity index (χ3n) is 4.14. The molecule has 1 amide bonds. The number of rotatable bonds is 3. The van der Waals surface area contributed by atoms with Crippen molar-refractivity contribution < 1.29 is 9.32 Å². The van der Waals surface area contributed by atoms with Gasteiger partial charge in [0.1, 0.15) is 0 Å². The lowest BCUT2D eigenvalue weighted by atomic mass is 9.79. The van der Waals surface area contributed by atoms with Gasteiger partial charge in [0.05, 0.1) is 5.69 Å². The summed E-state index contributed by atoms with van der Waals surface area (Å²) in [5, 5.41) is 5.34. The Kier molecular flexibility index (Phi) is 3.69. The topological polar surface area (TPSA) is 67.2 Å². The lowest BCUT2D eigenvalue weighted by Gasteiger charge is -2.26. The molecule has 1 aromatic heterocycles. The van der Waals surface area contributed by atoms with Gasteiger partial charge < -0.3 is 4.52 Å². The first-order valence-corrected chi connectivity index (χ1v) is 7.10. The average Bonchev–Trinajstić information content (AvgIpc) is 2.92. The van der Waals surface area contributed by atoms with Crippen LogP contribution in [0.1, 0.15) is 37.3 Å². The van der Waals surface area contributed by atoms with Crippen molar-refractivity contribution in [2.45, 2.75) is 31.6 Å². The second kappa shape index (κ2) is 5.63. The molecule has 3 rings (SSSR count). The molecule has 2 aromatic rings. The van der Waals surface area contributed by atoms with Crippen LogP contribution in [0.15, 0.2) is 28.8 Å². The third-order valence-corrected chi connectivity index (χ3v) is 4.14. The van der Waals surface area contributed by atoms with Gasteiger partial charge in [-0.05, 0) is 37.8 Å². The highest BCUT2D eigenvalue weighted by Gasteiger charge is 2.29. The Morgan fingerprint density at radius 2 is 2.00 bits per heavy atom. The van der Waals surface area contributed by atoms with Crippen molar-refractivity contribution in [3.63, 3.8) is 0 Å². The summed E-state index contributed by atoms with van der Waals surface area (Å²) in [5.41, 5.74) is 7.27. The molecular weight excluding hydrogens is 254 g/mol. The highest BCUT2D eigenvalue weighted by atomic mass is 16.5. The maximum absolute atomic E-state index is 11.8. The van der Waals surface area contributed by atoms with E-state index in [1.807, 2.05) is 18.2 Å². The summed E-state index contributed by atoms with van der Waals surface area (Å²) in [6.45, 7) is 0. The summed E-state index contributed by atoms with van der Waals surface area (Å²) in [5.74, 6) is 0.602. The van der Waals surface area contributed by atoms with Crippen LogP contribution in [0.25, 0.3) is 11.0 Å². The van der Waals surface area contributed by atoms with Crippen LogP contribution < -0.4 is 10.9 Å². The van der Waals surface area contributed by atoms with E-state index in [0.717, 1.165) is 42.3 Å². The molecule has 0 aliphatic heterocycles. The number of carbonyl (C=O) groups is 1. The molecule has 1 aliphatic carbocycles. The van der Waals surface area contributed by atoms with Gasteiger partial charge in [-0.3, -0.25) is 10.2 Å². The number of hydrogen-bond acceptors (Lipinski definition) is 4. The normalized spacial score (nSPS) is 22.9. The fraction of sp³-hybridized carbons (Fsp3) is 0.467. The highest BCUT2D eigenvalue weighted by molar-refractivity contribution is 5.80. The van der Waals surface area contributed by atoms with Crippen LogP contribution in [0.3, 0.4) is 0 Å². The Morgan fingerprint density at radius 3 is 2.75 bits per heavy atom. The van der Waals surface area contributed by atoms with Gasteiger partial charge >= 0.3 is 0 Å². The molecule has 0 bridgehead atoms. The van der Waals surface area contributed by atoms with E-state index < -0.39 is 0 Å². The number of nitrogens with one attached hydrogen (secondary N) is 2. The standard InChI is InChI=1S/C15H19N3O2/c1-16-17-15(19)11-8-6-10(7-9-11)14-12-4-2-3-5-13(12)20-18-14/h2-5,10-11,16H,6-9H2,1H3,(H,17,19). The summed E-state index contributed by atoms with van der Waals surface area (Å²) >= 11 is 0. The quantitative estimate of drug-likeness (QED) is 0.842. The lowest BCUT2D eigenvalue weighted by molar-refractivity contribution is -0.126. The molecule has 1 aliphatic rings. The fourth-order valence-corrected chi connectivity index (χ4v) is 3.05. The minimum absolute atomic E-state index is 0.0935. The van der Waals surface area contributed by atoms with Gasteiger partial charge in [-0.15, -0.1) is 0 Å². The van der Waals surface area contributed by atoms with Crippen LogP contribution in [0.4, 0.5) is 0 Å². The van der Waals surface area contributed by atoms with Gasteiger partial charge in [0, 0.05) is 24.3 Å². The van der Waals surface area contributed by atoms with E-state index in [9.17, 15) is 4.79 Å². The second-order valence-electron chi connectivity index (χ2n) is 5.35. The molecule has 0 atom stereocenters. The number of fused-ring (bicyclic) bond motifs is 1. The maximum atomic E-state index is 11.8. The van der Waals surface area contributed by atoms with Gasteiger partial charge in [0.15, 0.2) is 5.58 Å². The van der Waals surface area contributed by atoms with E-state index >= 15 is 0 Å². The molecule has 0 unspecified atom stereocenters. The van der Waals surface area contributed by atoms with E-state index in [1.165, 1.54) is 0 Å². The Morgan fingerprint density at radius 1 is 1.25 bits per heavy atom. The molecule has 0 saturated heterocycles.